The number of alkyl carbamates (subject to hydrolysis) is 1. The Morgan fingerprint density at radius 1 is 0.971 bits per heavy atom. The zero-order valence-corrected chi connectivity index (χ0v) is 19.5. The van der Waals surface area contributed by atoms with Crippen LogP contribution in [-0.2, 0) is 22.5 Å². The molecule has 0 spiro atoms. The molecule has 6 nitrogen and oxygen atoms in total. The van der Waals surface area contributed by atoms with Gasteiger partial charge in [-0.2, -0.15) is 0 Å². The summed E-state index contributed by atoms with van der Waals surface area (Å²) in [5.74, 6) is -0.755. The Morgan fingerprint density at radius 2 is 1.74 bits per heavy atom. The first-order valence-corrected chi connectivity index (χ1v) is 11.6. The number of fused-ring (bicyclic) bond motifs is 1. The van der Waals surface area contributed by atoms with Crippen LogP contribution in [0.25, 0.3) is 22.0 Å². The number of esters is 1. The van der Waals surface area contributed by atoms with Gasteiger partial charge in [0.05, 0.1) is 6.61 Å². The Morgan fingerprint density at radius 3 is 2.51 bits per heavy atom. The fraction of sp³-hybridized carbons (Fsp3) is 0.214. The molecule has 0 saturated heterocycles. The van der Waals surface area contributed by atoms with E-state index in [4.69, 9.17) is 9.47 Å². The van der Waals surface area contributed by atoms with Gasteiger partial charge >= 0.3 is 12.1 Å². The van der Waals surface area contributed by atoms with Gasteiger partial charge in [-0.3, -0.25) is 0 Å². The summed E-state index contributed by atoms with van der Waals surface area (Å²) in [6.45, 7) is 2.57. The second-order valence-electron chi connectivity index (χ2n) is 8.03. The van der Waals surface area contributed by atoms with E-state index in [-0.39, 0.29) is 19.0 Å². The van der Waals surface area contributed by atoms with Gasteiger partial charge in [-0.25, -0.2) is 14.0 Å². The topological polar surface area (TPSA) is 80.4 Å². The third-order valence-electron chi connectivity index (χ3n) is 5.66. The quantitative estimate of drug-likeness (QED) is 0.230. The molecule has 4 aromatic rings. The van der Waals surface area contributed by atoms with Gasteiger partial charge in [0.25, 0.3) is 0 Å². The molecule has 0 aliphatic carbocycles. The molecule has 1 amide bonds. The molecule has 180 valence electrons. The summed E-state index contributed by atoms with van der Waals surface area (Å²) < 4.78 is 24.8. The van der Waals surface area contributed by atoms with E-state index in [1.165, 1.54) is 6.07 Å². The van der Waals surface area contributed by atoms with Crippen molar-refractivity contribution in [3.05, 3.63) is 95.4 Å². The Balaban J connectivity index is 1.48. The number of hydrogen-bond donors (Lipinski definition) is 2. The minimum Gasteiger partial charge on any atom is -0.461 e. The lowest BCUT2D eigenvalue weighted by Gasteiger charge is -2.08. The molecule has 0 atom stereocenters. The summed E-state index contributed by atoms with van der Waals surface area (Å²) in [6, 6.07) is 21.6. The summed E-state index contributed by atoms with van der Waals surface area (Å²) in [6.07, 6.45) is 0.581. The molecule has 0 unspecified atom stereocenters. The van der Waals surface area contributed by atoms with Crippen LogP contribution in [0, 0.1) is 5.82 Å². The molecule has 1 heterocycles. The zero-order chi connectivity index (χ0) is 24.6. The van der Waals surface area contributed by atoms with Crippen LogP contribution in [-0.4, -0.2) is 30.2 Å². The average Bonchev–Trinajstić information content (AvgIpc) is 3.24. The summed E-state index contributed by atoms with van der Waals surface area (Å²) >= 11 is 0. The highest BCUT2D eigenvalue weighted by Crippen LogP contribution is 2.31. The number of hydrogen-bond acceptors (Lipinski definition) is 4. The maximum atomic E-state index is 14.4. The van der Waals surface area contributed by atoms with Crippen LogP contribution in [0.1, 0.15) is 35.0 Å². The number of carbonyl (C=O) groups excluding carboxylic acids is 2. The van der Waals surface area contributed by atoms with Crippen molar-refractivity contribution in [2.45, 2.75) is 26.4 Å². The largest absolute Gasteiger partial charge is 0.461 e. The van der Waals surface area contributed by atoms with Crippen LogP contribution in [0.5, 0.6) is 0 Å². The molecule has 4 rings (SSSR count). The molecular weight excluding hydrogens is 447 g/mol. The Labute approximate surface area is 203 Å². The van der Waals surface area contributed by atoms with Crippen molar-refractivity contribution in [1.82, 2.24) is 10.3 Å². The molecule has 0 aliphatic rings. The highest BCUT2D eigenvalue weighted by Gasteiger charge is 2.19. The van der Waals surface area contributed by atoms with Gasteiger partial charge in [-0.15, -0.1) is 0 Å². The highest BCUT2D eigenvalue weighted by molar-refractivity contribution is 5.99. The van der Waals surface area contributed by atoms with Gasteiger partial charge in [0.2, 0.25) is 0 Å². The lowest BCUT2D eigenvalue weighted by atomic mass is 9.99. The average molecular weight is 475 g/mol. The summed E-state index contributed by atoms with van der Waals surface area (Å²) in [7, 11) is 0. The number of rotatable bonds is 9. The lowest BCUT2D eigenvalue weighted by molar-refractivity contribution is 0.0519. The molecule has 0 radical (unpaired) electrons. The van der Waals surface area contributed by atoms with E-state index in [1.807, 2.05) is 48.5 Å². The molecule has 0 bridgehead atoms. The molecular formula is C28H27FN2O4. The number of H-pyrrole nitrogens is 1. The predicted octanol–water partition coefficient (Wildman–Crippen LogP) is 6.01. The van der Waals surface area contributed by atoms with Crippen LogP contribution in [0.4, 0.5) is 9.18 Å². The van der Waals surface area contributed by atoms with Crippen molar-refractivity contribution in [2.75, 3.05) is 13.2 Å². The van der Waals surface area contributed by atoms with Crippen LogP contribution in [0.2, 0.25) is 0 Å². The van der Waals surface area contributed by atoms with Crippen LogP contribution < -0.4 is 5.32 Å². The van der Waals surface area contributed by atoms with E-state index >= 15 is 0 Å². The van der Waals surface area contributed by atoms with Gasteiger partial charge in [-0.05, 0) is 54.7 Å². The van der Waals surface area contributed by atoms with Gasteiger partial charge in [0.1, 0.15) is 18.1 Å². The molecule has 1 aromatic heterocycles. The summed E-state index contributed by atoms with van der Waals surface area (Å²) in [4.78, 5) is 27.8. The number of aromatic nitrogens is 1. The number of benzene rings is 3. The molecule has 3 aromatic carbocycles. The lowest BCUT2D eigenvalue weighted by Crippen LogP contribution is -2.25. The highest BCUT2D eigenvalue weighted by atomic mass is 19.1. The van der Waals surface area contributed by atoms with E-state index in [9.17, 15) is 14.0 Å². The number of halogens is 1. The second kappa shape index (κ2) is 11.3. The Kier molecular flexibility index (Phi) is 7.77. The molecule has 35 heavy (non-hydrogen) atoms. The van der Waals surface area contributed by atoms with Gasteiger partial charge in [-0.1, -0.05) is 54.6 Å². The first-order valence-electron chi connectivity index (χ1n) is 11.6. The van der Waals surface area contributed by atoms with Crippen molar-refractivity contribution >= 4 is 23.0 Å². The number of carbonyl (C=O) groups is 2. The smallest absolute Gasteiger partial charge is 0.407 e. The summed E-state index contributed by atoms with van der Waals surface area (Å²) in [5.41, 5.74) is 4.02. The van der Waals surface area contributed by atoms with Crippen molar-refractivity contribution in [3.8, 4) is 11.1 Å². The molecule has 7 heteroatoms. The van der Waals surface area contributed by atoms with Crippen molar-refractivity contribution in [3.63, 3.8) is 0 Å². The van der Waals surface area contributed by atoms with Crippen molar-refractivity contribution in [2.24, 2.45) is 0 Å². The first kappa shape index (κ1) is 24.0. The molecule has 0 saturated carbocycles. The van der Waals surface area contributed by atoms with Gasteiger partial charge < -0.3 is 19.8 Å². The van der Waals surface area contributed by atoms with Crippen LogP contribution in [0.15, 0.2) is 72.8 Å². The van der Waals surface area contributed by atoms with Crippen molar-refractivity contribution < 1.29 is 23.5 Å². The van der Waals surface area contributed by atoms with E-state index < -0.39 is 12.1 Å². The number of aromatic amines is 1. The molecule has 2 N–H and O–H groups in total. The normalized spacial score (nSPS) is 10.8. The van der Waals surface area contributed by atoms with E-state index in [0.29, 0.717) is 36.2 Å². The molecule has 0 fully saturated rings. The fourth-order valence-corrected chi connectivity index (χ4v) is 3.98. The van der Waals surface area contributed by atoms with Gasteiger partial charge in [0.15, 0.2) is 0 Å². The molecule has 0 aliphatic heterocycles. The number of nitrogens with one attached hydrogen (secondary N) is 2. The Bertz CT molecular complexity index is 1320. The maximum absolute atomic E-state index is 14.4. The monoisotopic (exact) mass is 474 g/mol. The third kappa shape index (κ3) is 5.87. The predicted molar refractivity (Wildman–Crippen MR) is 133 cm³/mol. The number of ether oxygens (including phenoxy) is 2. The summed E-state index contributed by atoms with van der Waals surface area (Å²) in [5, 5.41) is 3.56. The minimum absolute atomic E-state index is 0.195. The number of amides is 1. The number of aryl methyl sites for hydroxylation is 1. The second-order valence-corrected chi connectivity index (χ2v) is 8.03. The minimum atomic E-state index is -0.500. The SMILES string of the molecule is CCOC(=O)c1[nH]c2ccc(-c3ccccc3F)cc2c1CCCNC(=O)OCc1ccccc1. The van der Waals surface area contributed by atoms with Crippen molar-refractivity contribution in [1.29, 1.82) is 0 Å². The maximum Gasteiger partial charge on any atom is 0.407 e. The van der Waals surface area contributed by atoms with Gasteiger partial charge in [0, 0.05) is 23.0 Å². The first-order chi connectivity index (χ1) is 17.1. The van der Waals surface area contributed by atoms with E-state index in [1.54, 1.807) is 25.1 Å². The Hall–Kier alpha value is -4.13. The van der Waals surface area contributed by atoms with E-state index in [2.05, 4.69) is 10.3 Å². The standard InChI is InChI=1S/C28H27FN2O4/c1-2-34-27(32)26-22(12-8-16-30-28(33)35-18-19-9-4-3-5-10-19)23-17-20(14-15-25(23)31-26)21-11-6-7-13-24(21)29/h3-7,9-11,13-15,17,31H,2,8,12,16,18H2,1H3,(H,30,33). The van der Waals surface area contributed by atoms with Crippen LogP contribution in [0.3, 0.4) is 0 Å². The fourth-order valence-electron chi connectivity index (χ4n) is 3.98. The van der Waals surface area contributed by atoms with E-state index in [0.717, 1.165) is 22.0 Å². The van der Waals surface area contributed by atoms with Crippen LogP contribution >= 0.6 is 0 Å². The third-order valence-corrected chi connectivity index (χ3v) is 5.66. The zero-order valence-electron chi connectivity index (χ0n) is 19.5.